The second-order valence-corrected chi connectivity index (χ2v) is 4.67. The molecule has 2 rings (SSSR count). The lowest BCUT2D eigenvalue weighted by atomic mass is 9.96. The molecule has 0 radical (unpaired) electrons. The number of fused-ring (bicyclic) bond motifs is 1. The summed E-state index contributed by atoms with van der Waals surface area (Å²) in [5, 5.41) is 0. The molecule has 0 saturated carbocycles. The van der Waals surface area contributed by atoms with Crippen LogP contribution in [0.4, 0.5) is 10.1 Å². The van der Waals surface area contributed by atoms with Crippen LogP contribution < -0.4 is 4.90 Å². The standard InChI is InChI=1S/C14H18FNO/c1-3-4-14(17)16-10(2)5-6-11-9-12(15)7-8-13(11)16/h7-10H,3-6H2,1-2H3. The molecular weight excluding hydrogens is 217 g/mol. The first kappa shape index (κ1) is 12.1. The smallest absolute Gasteiger partial charge is 0.227 e. The maximum Gasteiger partial charge on any atom is 0.227 e. The van der Waals surface area contributed by atoms with Crippen LogP contribution in [-0.2, 0) is 11.2 Å². The van der Waals surface area contributed by atoms with Crippen molar-refractivity contribution in [2.45, 2.75) is 45.6 Å². The Balaban J connectivity index is 2.36. The Labute approximate surface area is 101 Å². The van der Waals surface area contributed by atoms with Crippen molar-refractivity contribution in [3.63, 3.8) is 0 Å². The minimum Gasteiger partial charge on any atom is -0.309 e. The molecule has 0 spiro atoms. The number of hydrogen-bond donors (Lipinski definition) is 0. The zero-order valence-corrected chi connectivity index (χ0v) is 10.4. The van der Waals surface area contributed by atoms with Crippen molar-refractivity contribution in [1.82, 2.24) is 0 Å². The van der Waals surface area contributed by atoms with Gasteiger partial charge in [0, 0.05) is 18.2 Å². The maximum atomic E-state index is 13.2. The van der Waals surface area contributed by atoms with Gasteiger partial charge in [0.15, 0.2) is 0 Å². The molecular formula is C14H18FNO. The molecule has 1 atom stereocenters. The molecule has 0 aliphatic carbocycles. The summed E-state index contributed by atoms with van der Waals surface area (Å²) in [6.07, 6.45) is 3.16. The first-order valence-corrected chi connectivity index (χ1v) is 6.24. The van der Waals surface area contributed by atoms with Gasteiger partial charge in [-0.15, -0.1) is 0 Å². The van der Waals surface area contributed by atoms with Crippen LogP contribution >= 0.6 is 0 Å². The van der Waals surface area contributed by atoms with E-state index in [1.807, 2.05) is 11.8 Å². The fourth-order valence-corrected chi connectivity index (χ4v) is 2.43. The Kier molecular flexibility index (Phi) is 3.46. The van der Waals surface area contributed by atoms with E-state index in [0.717, 1.165) is 30.5 Å². The van der Waals surface area contributed by atoms with Crippen LogP contribution in [-0.4, -0.2) is 11.9 Å². The SMILES string of the molecule is CCCC(=O)N1c2ccc(F)cc2CCC1C. The number of anilines is 1. The van der Waals surface area contributed by atoms with Crippen molar-refractivity contribution in [3.05, 3.63) is 29.6 Å². The molecule has 1 unspecified atom stereocenters. The highest BCUT2D eigenvalue weighted by molar-refractivity contribution is 5.95. The third-order valence-electron chi connectivity index (χ3n) is 3.31. The van der Waals surface area contributed by atoms with Gasteiger partial charge < -0.3 is 4.90 Å². The molecule has 0 fully saturated rings. The van der Waals surface area contributed by atoms with Crippen molar-refractivity contribution in [1.29, 1.82) is 0 Å². The number of benzene rings is 1. The van der Waals surface area contributed by atoms with E-state index in [0.29, 0.717) is 6.42 Å². The van der Waals surface area contributed by atoms with Gasteiger partial charge in [-0.25, -0.2) is 4.39 Å². The van der Waals surface area contributed by atoms with Gasteiger partial charge in [0.2, 0.25) is 5.91 Å². The highest BCUT2D eigenvalue weighted by Crippen LogP contribution is 2.31. The third-order valence-corrected chi connectivity index (χ3v) is 3.31. The summed E-state index contributed by atoms with van der Waals surface area (Å²) >= 11 is 0. The summed E-state index contributed by atoms with van der Waals surface area (Å²) in [5.41, 5.74) is 1.84. The predicted molar refractivity (Wildman–Crippen MR) is 66.6 cm³/mol. The Hall–Kier alpha value is -1.38. The van der Waals surface area contributed by atoms with Gasteiger partial charge in [0.1, 0.15) is 5.82 Å². The van der Waals surface area contributed by atoms with E-state index < -0.39 is 0 Å². The molecule has 2 nitrogen and oxygen atoms in total. The summed E-state index contributed by atoms with van der Waals surface area (Å²) in [6, 6.07) is 4.93. The molecule has 0 aromatic heterocycles. The highest BCUT2D eigenvalue weighted by atomic mass is 19.1. The van der Waals surface area contributed by atoms with E-state index in [9.17, 15) is 9.18 Å². The van der Waals surface area contributed by atoms with Gasteiger partial charge in [0.25, 0.3) is 0 Å². The van der Waals surface area contributed by atoms with Crippen LogP contribution in [0.1, 0.15) is 38.7 Å². The van der Waals surface area contributed by atoms with Crippen LogP contribution in [0.3, 0.4) is 0 Å². The largest absolute Gasteiger partial charge is 0.309 e. The van der Waals surface area contributed by atoms with Gasteiger partial charge >= 0.3 is 0 Å². The molecule has 1 aromatic rings. The Morgan fingerprint density at radius 2 is 2.29 bits per heavy atom. The summed E-state index contributed by atoms with van der Waals surface area (Å²) in [5.74, 6) is -0.0752. The number of hydrogen-bond acceptors (Lipinski definition) is 1. The van der Waals surface area contributed by atoms with Crippen LogP contribution in [0.25, 0.3) is 0 Å². The summed E-state index contributed by atoms with van der Waals surface area (Å²) in [6.45, 7) is 4.05. The number of aryl methyl sites for hydroxylation is 1. The predicted octanol–water partition coefficient (Wildman–Crippen LogP) is 3.29. The van der Waals surface area contributed by atoms with Crippen molar-refractivity contribution < 1.29 is 9.18 Å². The first-order chi connectivity index (χ1) is 8.13. The minimum absolute atomic E-state index is 0.146. The molecule has 1 aromatic carbocycles. The zero-order valence-electron chi connectivity index (χ0n) is 10.4. The minimum atomic E-state index is -0.221. The van der Waals surface area contributed by atoms with Crippen molar-refractivity contribution in [2.75, 3.05) is 4.90 Å². The summed E-state index contributed by atoms with van der Waals surface area (Å²) in [4.78, 5) is 13.9. The number of nitrogens with zero attached hydrogens (tertiary/aromatic N) is 1. The van der Waals surface area contributed by atoms with Gasteiger partial charge in [-0.1, -0.05) is 6.92 Å². The summed E-state index contributed by atoms with van der Waals surface area (Å²) < 4.78 is 13.2. The lowest BCUT2D eigenvalue weighted by Gasteiger charge is -2.35. The topological polar surface area (TPSA) is 20.3 Å². The van der Waals surface area contributed by atoms with Gasteiger partial charge in [-0.3, -0.25) is 4.79 Å². The number of carbonyl (C=O) groups is 1. The zero-order chi connectivity index (χ0) is 12.4. The Bertz CT molecular complexity index is 430. The van der Waals surface area contributed by atoms with E-state index in [2.05, 4.69) is 6.92 Å². The Morgan fingerprint density at radius 1 is 1.53 bits per heavy atom. The molecule has 17 heavy (non-hydrogen) atoms. The summed E-state index contributed by atoms with van der Waals surface area (Å²) in [7, 11) is 0. The molecule has 92 valence electrons. The molecule has 1 amide bonds. The number of carbonyl (C=O) groups excluding carboxylic acids is 1. The van der Waals surface area contributed by atoms with Crippen molar-refractivity contribution in [2.24, 2.45) is 0 Å². The molecule has 0 N–H and O–H groups in total. The highest BCUT2D eigenvalue weighted by Gasteiger charge is 2.27. The monoisotopic (exact) mass is 235 g/mol. The lowest BCUT2D eigenvalue weighted by Crippen LogP contribution is -2.42. The first-order valence-electron chi connectivity index (χ1n) is 6.24. The van der Waals surface area contributed by atoms with Crippen molar-refractivity contribution >= 4 is 11.6 Å². The van der Waals surface area contributed by atoms with E-state index >= 15 is 0 Å². The van der Waals surface area contributed by atoms with Gasteiger partial charge in [-0.2, -0.15) is 0 Å². The fourth-order valence-electron chi connectivity index (χ4n) is 2.43. The van der Waals surface area contributed by atoms with Crippen LogP contribution in [0, 0.1) is 5.82 Å². The molecule has 1 heterocycles. The lowest BCUT2D eigenvalue weighted by molar-refractivity contribution is -0.119. The van der Waals surface area contributed by atoms with Crippen LogP contribution in [0.5, 0.6) is 0 Å². The number of rotatable bonds is 2. The second-order valence-electron chi connectivity index (χ2n) is 4.67. The van der Waals surface area contributed by atoms with Crippen molar-refractivity contribution in [3.8, 4) is 0 Å². The molecule has 0 saturated heterocycles. The molecule has 1 aliphatic rings. The van der Waals surface area contributed by atoms with E-state index in [1.54, 1.807) is 12.1 Å². The molecule has 3 heteroatoms. The Morgan fingerprint density at radius 3 is 3.00 bits per heavy atom. The average Bonchev–Trinajstić information content (AvgIpc) is 2.29. The molecule has 1 aliphatic heterocycles. The van der Waals surface area contributed by atoms with Crippen LogP contribution in [0.2, 0.25) is 0 Å². The van der Waals surface area contributed by atoms with E-state index in [-0.39, 0.29) is 17.8 Å². The number of amides is 1. The molecule has 0 bridgehead atoms. The van der Waals surface area contributed by atoms with E-state index in [1.165, 1.54) is 6.07 Å². The maximum absolute atomic E-state index is 13.2. The average molecular weight is 235 g/mol. The van der Waals surface area contributed by atoms with Crippen LogP contribution in [0.15, 0.2) is 18.2 Å². The van der Waals surface area contributed by atoms with Gasteiger partial charge in [0.05, 0.1) is 0 Å². The van der Waals surface area contributed by atoms with E-state index in [4.69, 9.17) is 0 Å². The van der Waals surface area contributed by atoms with Gasteiger partial charge in [-0.05, 0) is 49.9 Å². The third kappa shape index (κ3) is 2.33. The normalized spacial score (nSPS) is 19.0. The second kappa shape index (κ2) is 4.86. The quantitative estimate of drug-likeness (QED) is 0.770. The fraction of sp³-hybridized carbons (Fsp3) is 0.500. The number of halogens is 1.